The largest absolute Gasteiger partial charge is 0.353 e. The second-order valence-corrected chi connectivity index (χ2v) is 9.38. The minimum Gasteiger partial charge on any atom is -0.353 e. The predicted octanol–water partition coefficient (Wildman–Crippen LogP) is 2.70. The summed E-state index contributed by atoms with van der Waals surface area (Å²) >= 11 is 0. The standard InChI is InChI=1S/C25H30FN9/c1-33-8-10-34(11-9-33)17-22-3-2-21(15-29-22)31-25-28-6-4-23(32-25)19-12-18(13-27)24(30-14-19)35-7-5-20(26)16-35/h2-4,6,14-15,19-20H,5,7-12,16-17H2,1H3,(H,28,31,32)/t19?,20-/m0/s1. The lowest BCUT2D eigenvalue weighted by molar-refractivity contribution is 0.147. The summed E-state index contributed by atoms with van der Waals surface area (Å²) in [5.41, 5.74) is 3.20. The van der Waals surface area contributed by atoms with Crippen LogP contribution in [0, 0.1) is 11.3 Å². The van der Waals surface area contributed by atoms with Gasteiger partial charge in [-0.3, -0.25) is 9.88 Å². The molecule has 3 aliphatic rings. The van der Waals surface area contributed by atoms with E-state index in [4.69, 9.17) is 0 Å². The van der Waals surface area contributed by atoms with E-state index in [1.165, 1.54) is 0 Å². The van der Waals surface area contributed by atoms with Crippen LogP contribution >= 0.6 is 0 Å². The van der Waals surface area contributed by atoms with Crippen LogP contribution in [-0.4, -0.2) is 88.4 Å². The van der Waals surface area contributed by atoms with E-state index in [-0.39, 0.29) is 5.92 Å². The van der Waals surface area contributed by atoms with Crippen LogP contribution in [0.5, 0.6) is 0 Å². The van der Waals surface area contributed by atoms with Crippen LogP contribution < -0.4 is 5.32 Å². The van der Waals surface area contributed by atoms with Gasteiger partial charge in [0.2, 0.25) is 5.95 Å². The molecule has 182 valence electrons. The number of alkyl halides is 1. The lowest BCUT2D eigenvalue weighted by Crippen LogP contribution is -2.43. The molecule has 2 aromatic heterocycles. The van der Waals surface area contributed by atoms with Gasteiger partial charge >= 0.3 is 0 Å². The van der Waals surface area contributed by atoms with Crippen molar-refractivity contribution in [2.45, 2.75) is 31.5 Å². The molecule has 2 saturated heterocycles. The quantitative estimate of drug-likeness (QED) is 0.681. The molecule has 0 radical (unpaired) electrons. The molecule has 0 aromatic carbocycles. The summed E-state index contributed by atoms with van der Waals surface area (Å²) < 4.78 is 13.6. The number of nitriles is 1. The highest BCUT2D eigenvalue weighted by atomic mass is 19.1. The van der Waals surface area contributed by atoms with Crippen molar-refractivity contribution in [2.24, 2.45) is 4.99 Å². The summed E-state index contributed by atoms with van der Waals surface area (Å²) in [7, 11) is 2.15. The Labute approximate surface area is 205 Å². The van der Waals surface area contributed by atoms with Gasteiger partial charge in [0, 0.05) is 57.6 Å². The van der Waals surface area contributed by atoms with E-state index in [1.807, 2.05) is 29.3 Å². The second-order valence-electron chi connectivity index (χ2n) is 9.38. The van der Waals surface area contributed by atoms with Gasteiger partial charge in [-0.25, -0.2) is 19.4 Å². The first-order valence-corrected chi connectivity index (χ1v) is 12.1. The molecule has 2 aromatic rings. The van der Waals surface area contributed by atoms with Crippen molar-refractivity contribution in [3.63, 3.8) is 0 Å². The van der Waals surface area contributed by atoms with Gasteiger partial charge in [0.1, 0.15) is 12.0 Å². The van der Waals surface area contributed by atoms with Crippen molar-refractivity contribution in [1.82, 2.24) is 29.7 Å². The molecule has 5 heterocycles. The minimum atomic E-state index is -0.860. The highest BCUT2D eigenvalue weighted by molar-refractivity contribution is 5.71. The Kier molecular flexibility index (Phi) is 6.97. The number of anilines is 2. The number of hydrogen-bond donors (Lipinski definition) is 1. The molecule has 2 fully saturated rings. The Bertz CT molecular complexity index is 1130. The second kappa shape index (κ2) is 10.5. The fraction of sp³-hybridized carbons (Fsp3) is 0.480. The highest BCUT2D eigenvalue weighted by Crippen LogP contribution is 2.31. The molecule has 0 saturated carbocycles. The molecule has 1 N–H and O–H groups in total. The smallest absolute Gasteiger partial charge is 0.227 e. The average Bonchev–Trinajstić information content (AvgIpc) is 3.32. The zero-order chi connectivity index (χ0) is 24.2. The first kappa shape index (κ1) is 23.3. The minimum absolute atomic E-state index is 0.134. The SMILES string of the molecule is CN1CCN(Cc2ccc(Nc3nccc(C4C=NC(N5CC[C@H](F)C5)=C(C#N)C4)n3)cn2)CC1. The third-order valence-electron chi connectivity index (χ3n) is 6.76. The summed E-state index contributed by atoms with van der Waals surface area (Å²) in [5, 5.41) is 12.9. The number of hydrogen-bond acceptors (Lipinski definition) is 9. The molecule has 1 unspecified atom stereocenters. The fourth-order valence-corrected chi connectivity index (χ4v) is 4.66. The van der Waals surface area contributed by atoms with Gasteiger partial charge in [-0.15, -0.1) is 0 Å². The van der Waals surface area contributed by atoms with Gasteiger partial charge in [-0.05, 0) is 38.1 Å². The van der Waals surface area contributed by atoms with E-state index in [9.17, 15) is 9.65 Å². The van der Waals surface area contributed by atoms with Crippen molar-refractivity contribution in [1.29, 1.82) is 5.26 Å². The summed E-state index contributed by atoms with van der Waals surface area (Å²) in [4.78, 5) is 24.8. The Balaban J connectivity index is 1.22. The fourth-order valence-electron chi connectivity index (χ4n) is 4.66. The number of nitrogens with one attached hydrogen (secondary N) is 1. The van der Waals surface area contributed by atoms with Gasteiger partial charge in [-0.1, -0.05) is 0 Å². The van der Waals surface area contributed by atoms with E-state index in [0.29, 0.717) is 43.3 Å². The van der Waals surface area contributed by atoms with Gasteiger partial charge in [-0.2, -0.15) is 5.26 Å². The van der Waals surface area contributed by atoms with Crippen LogP contribution in [0.4, 0.5) is 16.0 Å². The monoisotopic (exact) mass is 475 g/mol. The van der Waals surface area contributed by atoms with Crippen LogP contribution in [0.2, 0.25) is 0 Å². The summed E-state index contributed by atoms with van der Waals surface area (Å²) in [6.45, 7) is 6.02. The lowest BCUT2D eigenvalue weighted by Gasteiger charge is -2.32. The number of aromatic nitrogens is 3. The Morgan fingerprint density at radius 2 is 2.00 bits per heavy atom. The topological polar surface area (TPSA) is 96.6 Å². The first-order chi connectivity index (χ1) is 17.1. The van der Waals surface area contributed by atoms with Crippen LogP contribution in [0.15, 0.2) is 47.0 Å². The maximum absolute atomic E-state index is 13.6. The van der Waals surface area contributed by atoms with E-state index in [1.54, 1.807) is 12.4 Å². The number of piperazine rings is 1. The molecule has 0 aliphatic carbocycles. The third kappa shape index (κ3) is 5.63. The molecular weight excluding hydrogens is 445 g/mol. The molecule has 2 atom stereocenters. The molecule has 0 bridgehead atoms. The van der Waals surface area contributed by atoms with Crippen molar-refractivity contribution in [3.05, 3.63) is 53.4 Å². The van der Waals surface area contributed by atoms with E-state index in [2.05, 4.69) is 48.2 Å². The van der Waals surface area contributed by atoms with E-state index < -0.39 is 6.17 Å². The lowest BCUT2D eigenvalue weighted by atomic mass is 9.95. The maximum atomic E-state index is 13.6. The van der Waals surface area contributed by atoms with Crippen LogP contribution in [-0.2, 0) is 6.54 Å². The zero-order valence-corrected chi connectivity index (χ0v) is 19.9. The van der Waals surface area contributed by atoms with Crippen molar-refractivity contribution < 1.29 is 4.39 Å². The first-order valence-electron chi connectivity index (χ1n) is 12.1. The summed E-state index contributed by atoms with van der Waals surface area (Å²) in [6, 6.07) is 8.13. The molecule has 5 rings (SSSR count). The van der Waals surface area contributed by atoms with Crippen LogP contribution in [0.3, 0.4) is 0 Å². The molecule has 10 heteroatoms. The summed E-state index contributed by atoms with van der Waals surface area (Å²) in [5.74, 6) is 0.932. The van der Waals surface area contributed by atoms with Gasteiger partial charge in [0.05, 0.1) is 41.5 Å². The maximum Gasteiger partial charge on any atom is 0.227 e. The Morgan fingerprint density at radius 3 is 2.71 bits per heavy atom. The number of likely N-dealkylation sites (N-methyl/N-ethyl adjacent to an activating group) is 1. The normalized spacial score (nSPS) is 23.5. The number of aliphatic imine (C=N–C) groups is 1. The van der Waals surface area contributed by atoms with E-state index in [0.717, 1.165) is 49.8 Å². The Morgan fingerprint density at radius 1 is 1.14 bits per heavy atom. The average molecular weight is 476 g/mol. The molecule has 3 aliphatic heterocycles. The molecule has 35 heavy (non-hydrogen) atoms. The van der Waals surface area contributed by atoms with Crippen LogP contribution in [0.1, 0.15) is 30.1 Å². The highest BCUT2D eigenvalue weighted by Gasteiger charge is 2.29. The number of nitrogens with zero attached hydrogens (tertiary/aromatic N) is 8. The van der Waals surface area contributed by atoms with Crippen molar-refractivity contribution in [2.75, 3.05) is 51.6 Å². The van der Waals surface area contributed by atoms with E-state index >= 15 is 0 Å². The van der Waals surface area contributed by atoms with Gasteiger partial charge in [0.15, 0.2) is 0 Å². The van der Waals surface area contributed by atoms with Gasteiger partial charge in [0.25, 0.3) is 0 Å². The van der Waals surface area contributed by atoms with Gasteiger partial charge < -0.3 is 15.1 Å². The molecule has 0 amide bonds. The molecular formula is C25H30FN9. The van der Waals surface area contributed by atoms with Crippen molar-refractivity contribution in [3.8, 4) is 6.07 Å². The third-order valence-corrected chi connectivity index (χ3v) is 6.76. The number of rotatable bonds is 6. The molecule has 9 nitrogen and oxygen atoms in total. The zero-order valence-electron chi connectivity index (χ0n) is 19.9. The number of pyridine rings is 1. The number of halogens is 1. The van der Waals surface area contributed by atoms with Crippen molar-refractivity contribution >= 4 is 17.9 Å². The molecule has 0 spiro atoms. The number of likely N-dealkylation sites (tertiary alicyclic amines) is 1. The predicted molar refractivity (Wildman–Crippen MR) is 132 cm³/mol. The Hall–Kier alpha value is -3.42. The summed E-state index contributed by atoms with van der Waals surface area (Å²) in [6.07, 6.45) is 5.42. The van der Waals surface area contributed by atoms with Crippen LogP contribution in [0.25, 0.3) is 0 Å². The number of allylic oxidation sites excluding steroid dienone is 1.